The second-order valence-corrected chi connectivity index (χ2v) is 6.17. The van der Waals surface area contributed by atoms with Gasteiger partial charge in [0.15, 0.2) is 5.82 Å². The van der Waals surface area contributed by atoms with Crippen molar-refractivity contribution < 1.29 is 5.11 Å². The summed E-state index contributed by atoms with van der Waals surface area (Å²) in [5.74, 6) is 2.17. The minimum atomic E-state index is 0.229. The molecule has 4 nitrogen and oxygen atoms in total. The van der Waals surface area contributed by atoms with Crippen molar-refractivity contribution in [2.45, 2.75) is 31.6 Å². The van der Waals surface area contributed by atoms with E-state index in [9.17, 15) is 5.11 Å². The number of hydrogen-bond donors (Lipinski definition) is 2. The molecule has 0 spiro atoms. The summed E-state index contributed by atoms with van der Waals surface area (Å²) in [7, 11) is 1.86. The first kappa shape index (κ1) is 14.3. The zero-order valence-corrected chi connectivity index (χ0v) is 13.5. The van der Waals surface area contributed by atoms with Crippen molar-refractivity contribution in [1.29, 1.82) is 0 Å². The number of nitrogens with one attached hydrogen (secondary N) is 1. The van der Waals surface area contributed by atoms with Crippen molar-refractivity contribution in [1.82, 2.24) is 9.97 Å². The zero-order valence-electron chi connectivity index (χ0n) is 11.9. The van der Waals surface area contributed by atoms with Crippen molar-refractivity contribution in [3.63, 3.8) is 0 Å². The molecule has 0 radical (unpaired) electrons. The van der Waals surface area contributed by atoms with Gasteiger partial charge in [0.1, 0.15) is 11.6 Å². The van der Waals surface area contributed by atoms with E-state index < -0.39 is 0 Å². The molecule has 1 aromatic heterocycles. The molecule has 0 saturated heterocycles. The fraction of sp³-hybridized carbons (Fsp3) is 0.375. The number of phenols is 1. The third kappa shape index (κ3) is 2.88. The predicted molar refractivity (Wildman–Crippen MR) is 87.6 cm³/mol. The quantitative estimate of drug-likeness (QED) is 0.868. The van der Waals surface area contributed by atoms with Crippen LogP contribution in [0.15, 0.2) is 28.7 Å². The SMILES string of the molecule is CNc1nc(-c2cccc(O)c2)nc(C2CCCC2)c1Br. The molecule has 0 atom stereocenters. The average molecular weight is 348 g/mol. The first-order chi connectivity index (χ1) is 10.2. The number of benzene rings is 1. The molecule has 0 unspecified atom stereocenters. The monoisotopic (exact) mass is 347 g/mol. The fourth-order valence-electron chi connectivity index (χ4n) is 2.87. The number of nitrogens with zero attached hydrogens (tertiary/aromatic N) is 2. The Morgan fingerprint density at radius 3 is 2.67 bits per heavy atom. The molecular weight excluding hydrogens is 330 g/mol. The Hall–Kier alpha value is -1.62. The number of phenolic OH excluding ortho intramolecular Hbond substituents is 1. The van der Waals surface area contributed by atoms with Gasteiger partial charge in [-0.1, -0.05) is 25.0 Å². The van der Waals surface area contributed by atoms with Crippen LogP contribution in [0.1, 0.15) is 37.3 Å². The molecule has 0 bridgehead atoms. The van der Waals surface area contributed by atoms with Crippen LogP contribution in [0, 0.1) is 0 Å². The summed E-state index contributed by atoms with van der Waals surface area (Å²) in [6.45, 7) is 0. The summed E-state index contributed by atoms with van der Waals surface area (Å²) in [6.07, 6.45) is 4.88. The van der Waals surface area contributed by atoms with E-state index in [1.54, 1.807) is 12.1 Å². The van der Waals surface area contributed by atoms with Crippen LogP contribution in [0.5, 0.6) is 5.75 Å². The van der Waals surface area contributed by atoms with Crippen LogP contribution in [-0.4, -0.2) is 22.1 Å². The molecule has 1 aliphatic rings. The van der Waals surface area contributed by atoms with Crippen molar-refractivity contribution in [3.8, 4) is 17.1 Å². The lowest BCUT2D eigenvalue weighted by atomic mass is 10.0. The van der Waals surface area contributed by atoms with Crippen LogP contribution in [0.4, 0.5) is 5.82 Å². The van der Waals surface area contributed by atoms with Crippen molar-refractivity contribution in [2.24, 2.45) is 0 Å². The van der Waals surface area contributed by atoms with E-state index in [-0.39, 0.29) is 5.75 Å². The first-order valence-corrected chi connectivity index (χ1v) is 8.03. The Labute approximate surface area is 132 Å². The first-order valence-electron chi connectivity index (χ1n) is 7.23. The number of aromatic hydroxyl groups is 1. The molecule has 3 rings (SSSR count). The second-order valence-electron chi connectivity index (χ2n) is 5.38. The normalized spacial score (nSPS) is 15.3. The van der Waals surface area contributed by atoms with Gasteiger partial charge in [0.2, 0.25) is 0 Å². The van der Waals surface area contributed by atoms with Crippen molar-refractivity contribution in [3.05, 3.63) is 34.4 Å². The maximum atomic E-state index is 9.66. The summed E-state index contributed by atoms with van der Waals surface area (Å²) >= 11 is 3.64. The number of aromatic nitrogens is 2. The van der Waals surface area contributed by atoms with Gasteiger partial charge in [-0.05, 0) is 40.9 Å². The van der Waals surface area contributed by atoms with Gasteiger partial charge in [-0.3, -0.25) is 0 Å². The van der Waals surface area contributed by atoms with E-state index in [2.05, 4.69) is 26.2 Å². The van der Waals surface area contributed by atoms with Gasteiger partial charge in [-0.25, -0.2) is 9.97 Å². The molecule has 0 aliphatic heterocycles. The minimum absolute atomic E-state index is 0.229. The van der Waals surface area contributed by atoms with Crippen LogP contribution < -0.4 is 5.32 Å². The summed E-state index contributed by atoms with van der Waals surface area (Å²) in [6, 6.07) is 7.07. The summed E-state index contributed by atoms with van der Waals surface area (Å²) in [5, 5.41) is 12.8. The van der Waals surface area contributed by atoms with Crippen LogP contribution in [0.2, 0.25) is 0 Å². The van der Waals surface area contributed by atoms with E-state index in [4.69, 9.17) is 4.98 Å². The molecule has 1 aliphatic carbocycles. The van der Waals surface area contributed by atoms with Gasteiger partial charge in [-0.15, -0.1) is 0 Å². The van der Waals surface area contributed by atoms with Crippen LogP contribution in [0.25, 0.3) is 11.4 Å². The lowest BCUT2D eigenvalue weighted by Crippen LogP contribution is -2.06. The Morgan fingerprint density at radius 1 is 1.24 bits per heavy atom. The molecule has 110 valence electrons. The van der Waals surface area contributed by atoms with E-state index in [1.807, 2.05) is 19.2 Å². The topological polar surface area (TPSA) is 58.0 Å². The van der Waals surface area contributed by atoms with Crippen molar-refractivity contribution in [2.75, 3.05) is 12.4 Å². The second kappa shape index (κ2) is 6.02. The lowest BCUT2D eigenvalue weighted by molar-refractivity contribution is 0.475. The van der Waals surface area contributed by atoms with Gasteiger partial charge in [0.25, 0.3) is 0 Å². The highest BCUT2D eigenvalue weighted by Crippen LogP contribution is 2.39. The molecule has 0 amide bonds. The standard InChI is InChI=1S/C16H18BrN3O/c1-18-16-13(17)14(10-5-2-3-6-10)19-15(20-16)11-7-4-8-12(21)9-11/h4,7-10,21H,2-3,5-6H2,1H3,(H,18,19,20). The number of rotatable bonds is 3. The molecule has 2 aromatic rings. The highest BCUT2D eigenvalue weighted by Gasteiger charge is 2.24. The van der Waals surface area contributed by atoms with Crippen molar-refractivity contribution >= 4 is 21.7 Å². The van der Waals surface area contributed by atoms with Gasteiger partial charge < -0.3 is 10.4 Å². The van der Waals surface area contributed by atoms with Gasteiger partial charge in [0, 0.05) is 18.5 Å². The Kier molecular flexibility index (Phi) is 4.10. The minimum Gasteiger partial charge on any atom is -0.508 e. The Morgan fingerprint density at radius 2 is 2.00 bits per heavy atom. The third-order valence-electron chi connectivity index (χ3n) is 3.96. The molecule has 1 heterocycles. The Bertz CT molecular complexity index is 654. The van der Waals surface area contributed by atoms with Crippen LogP contribution in [0.3, 0.4) is 0 Å². The number of halogens is 1. The van der Waals surface area contributed by atoms with Crippen LogP contribution in [-0.2, 0) is 0 Å². The molecule has 1 fully saturated rings. The maximum absolute atomic E-state index is 9.66. The van der Waals surface area contributed by atoms with Crippen LogP contribution >= 0.6 is 15.9 Å². The average Bonchev–Trinajstić information content (AvgIpc) is 3.01. The van der Waals surface area contributed by atoms with Gasteiger partial charge in [0.05, 0.1) is 10.2 Å². The Balaban J connectivity index is 2.10. The van der Waals surface area contributed by atoms with Gasteiger partial charge in [-0.2, -0.15) is 0 Å². The van der Waals surface area contributed by atoms with E-state index in [0.717, 1.165) is 21.5 Å². The number of hydrogen-bond acceptors (Lipinski definition) is 4. The van der Waals surface area contributed by atoms with E-state index in [1.165, 1.54) is 25.7 Å². The van der Waals surface area contributed by atoms with E-state index in [0.29, 0.717) is 11.7 Å². The number of anilines is 1. The maximum Gasteiger partial charge on any atom is 0.161 e. The smallest absolute Gasteiger partial charge is 0.161 e. The van der Waals surface area contributed by atoms with E-state index >= 15 is 0 Å². The molecule has 5 heteroatoms. The molecule has 1 aromatic carbocycles. The predicted octanol–water partition coefficient (Wildman–Crippen LogP) is 4.31. The highest BCUT2D eigenvalue weighted by molar-refractivity contribution is 9.10. The van der Waals surface area contributed by atoms with Gasteiger partial charge >= 0.3 is 0 Å². The summed E-state index contributed by atoms with van der Waals surface area (Å²) in [4.78, 5) is 9.32. The third-order valence-corrected chi connectivity index (χ3v) is 4.74. The molecule has 21 heavy (non-hydrogen) atoms. The largest absolute Gasteiger partial charge is 0.508 e. The molecule has 1 saturated carbocycles. The highest BCUT2D eigenvalue weighted by atomic mass is 79.9. The summed E-state index contributed by atoms with van der Waals surface area (Å²) in [5.41, 5.74) is 1.91. The zero-order chi connectivity index (χ0) is 14.8. The molecular formula is C16H18BrN3O. The fourth-order valence-corrected chi connectivity index (χ4v) is 3.57. The lowest BCUT2D eigenvalue weighted by Gasteiger charge is -2.15. The molecule has 2 N–H and O–H groups in total. The summed E-state index contributed by atoms with van der Waals surface area (Å²) < 4.78 is 0.959.